The molecule has 0 bridgehead atoms. The zero-order valence-corrected chi connectivity index (χ0v) is 18.1. The lowest BCUT2D eigenvalue weighted by molar-refractivity contribution is -0.153. The molecule has 162 valence electrons. The maximum Gasteiger partial charge on any atom is 0.407 e. The third kappa shape index (κ3) is 8.25. The molecular weight excluding hydrogens is 380 g/mol. The minimum absolute atomic E-state index is 0.0903. The number of ether oxygens (including phenoxy) is 2. The second kappa shape index (κ2) is 11.4. The number of rotatable bonds is 7. The number of carbonyl (C=O) groups excluding carboxylic acids is 2. The minimum atomic E-state index is -0.509. The average Bonchev–Trinajstić information content (AvgIpc) is 2.74. The van der Waals surface area contributed by atoms with Crippen LogP contribution in [0.2, 0.25) is 0 Å². The molecule has 0 spiro atoms. The van der Waals surface area contributed by atoms with Crippen molar-refractivity contribution in [1.82, 2.24) is 10.6 Å². The van der Waals surface area contributed by atoms with Crippen LogP contribution in [0.1, 0.15) is 37.8 Å². The van der Waals surface area contributed by atoms with Crippen molar-refractivity contribution in [1.29, 1.82) is 0 Å². The highest BCUT2D eigenvalue weighted by Crippen LogP contribution is 2.29. The Kier molecular flexibility index (Phi) is 8.87. The van der Waals surface area contributed by atoms with Gasteiger partial charge in [0.15, 0.2) is 0 Å². The third-order valence-electron chi connectivity index (χ3n) is 4.41. The number of fused-ring (bicyclic) bond motifs is 1. The van der Waals surface area contributed by atoms with Gasteiger partial charge in [0, 0.05) is 19.0 Å². The lowest BCUT2D eigenvalue weighted by Gasteiger charge is -2.21. The lowest BCUT2D eigenvalue weighted by Crippen LogP contribution is -2.36. The first-order valence-electron chi connectivity index (χ1n) is 10.2. The van der Waals surface area contributed by atoms with Crippen molar-refractivity contribution in [2.24, 2.45) is 0 Å². The highest BCUT2D eigenvalue weighted by molar-refractivity contribution is 5.72. The van der Waals surface area contributed by atoms with E-state index in [2.05, 4.69) is 35.4 Å². The Morgan fingerprint density at radius 1 is 1.17 bits per heavy atom. The van der Waals surface area contributed by atoms with Gasteiger partial charge >= 0.3 is 12.1 Å². The maximum atomic E-state index is 12.1. The molecular formula is C24H32N2O4. The van der Waals surface area contributed by atoms with E-state index in [1.54, 1.807) is 0 Å². The molecule has 30 heavy (non-hydrogen) atoms. The van der Waals surface area contributed by atoms with Gasteiger partial charge in [0.05, 0.1) is 6.54 Å². The van der Waals surface area contributed by atoms with Crippen LogP contribution in [0, 0.1) is 0 Å². The molecule has 0 radical (unpaired) electrons. The Morgan fingerprint density at radius 2 is 1.93 bits per heavy atom. The fraction of sp³-hybridized carbons (Fsp3) is 0.417. The van der Waals surface area contributed by atoms with Crippen LogP contribution in [0.15, 0.2) is 60.7 Å². The summed E-state index contributed by atoms with van der Waals surface area (Å²) in [6.07, 6.45) is 8.33. The van der Waals surface area contributed by atoms with E-state index in [4.69, 9.17) is 9.47 Å². The number of amides is 1. The predicted molar refractivity (Wildman–Crippen MR) is 118 cm³/mol. The van der Waals surface area contributed by atoms with Crippen LogP contribution in [0.3, 0.4) is 0 Å². The van der Waals surface area contributed by atoms with E-state index < -0.39 is 11.7 Å². The molecule has 1 aliphatic carbocycles. The molecule has 1 amide bonds. The molecule has 0 aromatic heterocycles. The van der Waals surface area contributed by atoms with Crippen molar-refractivity contribution < 1.29 is 19.1 Å². The molecule has 1 aromatic carbocycles. The van der Waals surface area contributed by atoms with Crippen LogP contribution in [0.25, 0.3) is 0 Å². The van der Waals surface area contributed by atoms with Gasteiger partial charge in [-0.1, -0.05) is 55.1 Å². The molecule has 2 N–H and O–H groups in total. The monoisotopic (exact) mass is 412 g/mol. The largest absolute Gasteiger partial charge is 0.459 e. The molecule has 2 rings (SSSR count). The van der Waals surface area contributed by atoms with Crippen molar-refractivity contribution in [2.75, 3.05) is 26.2 Å². The molecule has 6 nitrogen and oxygen atoms in total. The van der Waals surface area contributed by atoms with E-state index >= 15 is 0 Å². The molecule has 6 heteroatoms. The highest BCUT2D eigenvalue weighted by Gasteiger charge is 2.19. The lowest BCUT2D eigenvalue weighted by atomic mass is 9.88. The first-order chi connectivity index (χ1) is 14.3. The van der Waals surface area contributed by atoms with Crippen molar-refractivity contribution in [3.05, 3.63) is 71.8 Å². The van der Waals surface area contributed by atoms with Crippen LogP contribution >= 0.6 is 0 Å². The van der Waals surface area contributed by atoms with Crippen LogP contribution in [-0.4, -0.2) is 43.9 Å². The van der Waals surface area contributed by atoms with Gasteiger partial charge in [-0.2, -0.15) is 0 Å². The topological polar surface area (TPSA) is 76.7 Å². The summed E-state index contributed by atoms with van der Waals surface area (Å²) in [5.41, 5.74) is 2.69. The number of nitrogens with one attached hydrogen (secondary N) is 2. The van der Waals surface area contributed by atoms with Gasteiger partial charge in [-0.25, -0.2) is 4.79 Å². The normalized spacial score (nSPS) is 18.2. The SMILES string of the molecule is C=C1/C=C\C=C/Cc2ccccc2C1COC(=O)NCCNCC(=O)OC(C)(C)C. The van der Waals surface area contributed by atoms with E-state index in [0.29, 0.717) is 13.1 Å². The highest BCUT2D eigenvalue weighted by atomic mass is 16.6. The number of benzene rings is 1. The maximum absolute atomic E-state index is 12.1. The number of allylic oxidation sites excluding steroid dienone is 4. The summed E-state index contributed by atoms with van der Waals surface area (Å²) < 4.78 is 10.7. The zero-order valence-electron chi connectivity index (χ0n) is 18.1. The van der Waals surface area contributed by atoms with E-state index in [1.165, 1.54) is 5.56 Å². The summed E-state index contributed by atoms with van der Waals surface area (Å²) in [6.45, 7) is 10.7. The van der Waals surface area contributed by atoms with E-state index in [9.17, 15) is 9.59 Å². The van der Waals surface area contributed by atoms with Gasteiger partial charge < -0.3 is 20.1 Å². The number of hydrogen-bond acceptors (Lipinski definition) is 5. The summed E-state index contributed by atoms with van der Waals surface area (Å²) in [5, 5.41) is 5.62. The van der Waals surface area contributed by atoms with Crippen LogP contribution in [0.4, 0.5) is 4.79 Å². The zero-order chi connectivity index (χ0) is 22.0. The van der Waals surface area contributed by atoms with Gasteiger partial charge in [-0.05, 0) is 43.9 Å². The number of alkyl carbamates (subject to hydrolysis) is 1. The van der Waals surface area contributed by atoms with Crippen LogP contribution < -0.4 is 10.6 Å². The summed E-state index contributed by atoms with van der Waals surface area (Å²) >= 11 is 0. The predicted octanol–water partition coefficient (Wildman–Crippen LogP) is 3.65. The first kappa shape index (κ1) is 23.4. The second-order valence-corrected chi connectivity index (χ2v) is 8.11. The van der Waals surface area contributed by atoms with E-state index in [1.807, 2.05) is 51.1 Å². The smallest absolute Gasteiger partial charge is 0.407 e. The third-order valence-corrected chi connectivity index (χ3v) is 4.41. The van der Waals surface area contributed by atoms with Crippen molar-refractivity contribution in [3.8, 4) is 0 Å². The van der Waals surface area contributed by atoms with Crippen molar-refractivity contribution >= 4 is 12.1 Å². The Morgan fingerprint density at radius 3 is 2.70 bits per heavy atom. The quantitative estimate of drug-likeness (QED) is 0.528. The molecule has 1 unspecified atom stereocenters. The molecule has 0 aliphatic heterocycles. The Bertz CT molecular complexity index is 806. The van der Waals surface area contributed by atoms with Gasteiger partial charge in [-0.15, -0.1) is 0 Å². The Labute approximate surface area is 179 Å². The molecule has 0 fully saturated rings. The minimum Gasteiger partial charge on any atom is -0.459 e. The Hall–Kier alpha value is -2.86. The number of hydrogen-bond donors (Lipinski definition) is 2. The van der Waals surface area contributed by atoms with E-state index in [0.717, 1.165) is 17.6 Å². The summed E-state index contributed by atoms with van der Waals surface area (Å²) in [5.74, 6) is -0.432. The molecule has 0 heterocycles. The average molecular weight is 413 g/mol. The molecule has 1 atom stereocenters. The number of carbonyl (C=O) groups is 2. The number of esters is 1. The van der Waals surface area contributed by atoms with Crippen LogP contribution in [0.5, 0.6) is 0 Å². The Balaban J connectivity index is 1.78. The van der Waals surface area contributed by atoms with Gasteiger partial charge in [0.1, 0.15) is 12.2 Å². The summed E-state index contributed by atoms with van der Waals surface area (Å²) in [4.78, 5) is 23.7. The molecule has 1 aromatic rings. The van der Waals surface area contributed by atoms with Gasteiger partial charge in [-0.3, -0.25) is 4.79 Å². The molecule has 0 saturated heterocycles. The van der Waals surface area contributed by atoms with Gasteiger partial charge in [0.2, 0.25) is 0 Å². The fourth-order valence-electron chi connectivity index (χ4n) is 3.06. The van der Waals surface area contributed by atoms with Crippen molar-refractivity contribution in [3.63, 3.8) is 0 Å². The van der Waals surface area contributed by atoms with Crippen molar-refractivity contribution in [2.45, 2.75) is 38.7 Å². The van der Waals surface area contributed by atoms with Crippen LogP contribution in [-0.2, 0) is 20.7 Å². The summed E-state index contributed by atoms with van der Waals surface area (Å²) in [6, 6.07) is 8.14. The van der Waals surface area contributed by atoms with E-state index in [-0.39, 0.29) is 25.0 Å². The molecule has 1 aliphatic rings. The standard InChI is InChI=1S/C24H32N2O4/c1-18-10-6-5-7-11-19-12-8-9-13-20(19)21(18)17-29-23(28)26-15-14-25-16-22(27)30-24(2,3)4/h5-10,12-13,21,25H,1,11,14-17H2,2-4H3,(H,26,28)/b7-5-,10-6-. The molecule has 0 saturated carbocycles. The summed E-state index contributed by atoms with van der Waals surface area (Å²) in [7, 11) is 0. The second-order valence-electron chi connectivity index (χ2n) is 8.11. The fourth-order valence-corrected chi connectivity index (χ4v) is 3.06. The van der Waals surface area contributed by atoms with Gasteiger partial charge in [0.25, 0.3) is 0 Å². The first-order valence-corrected chi connectivity index (χ1v) is 10.2.